The van der Waals surface area contributed by atoms with E-state index in [1.54, 1.807) is 18.2 Å². The summed E-state index contributed by atoms with van der Waals surface area (Å²) in [5.41, 5.74) is 1.14. The second kappa shape index (κ2) is 8.08. The lowest BCUT2D eigenvalue weighted by molar-refractivity contribution is -0.121. The zero-order valence-electron chi connectivity index (χ0n) is 13.0. The average molecular weight is 314 g/mol. The molecule has 5 heteroatoms. The van der Waals surface area contributed by atoms with E-state index in [1.807, 2.05) is 30.3 Å². The quantitative estimate of drug-likeness (QED) is 0.891. The number of anilines is 1. The van der Waals surface area contributed by atoms with Crippen LogP contribution in [0.15, 0.2) is 54.6 Å². The van der Waals surface area contributed by atoms with Gasteiger partial charge in [-0.15, -0.1) is 0 Å². The number of carbonyl (C=O) groups excluding carboxylic acids is 2. The fourth-order valence-electron chi connectivity index (χ4n) is 2.27. The molecule has 0 aliphatic rings. The van der Waals surface area contributed by atoms with E-state index in [-0.39, 0.29) is 37.0 Å². The largest absolute Gasteiger partial charge is 0.354 e. The number of para-hydroxylation sites is 1. The van der Waals surface area contributed by atoms with Gasteiger partial charge in [0.25, 0.3) is 0 Å². The van der Waals surface area contributed by atoms with Crippen molar-refractivity contribution in [2.24, 2.45) is 0 Å². The molecule has 0 atom stereocenters. The van der Waals surface area contributed by atoms with Crippen molar-refractivity contribution in [3.8, 4) is 0 Å². The number of benzene rings is 2. The molecule has 2 rings (SSSR count). The summed E-state index contributed by atoms with van der Waals surface area (Å²) in [5.74, 6) is -0.862. The lowest BCUT2D eigenvalue weighted by atomic mass is 10.1. The third kappa shape index (κ3) is 4.92. The number of amides is 2. The number of nitrogens with one attached hydrogen (secondary N) is 1. The van der Waals surface area contributed by atoms with Crippen LogP contribution in [0.2, 0.25) is 0 Å². The van der Waals surface area contributed by atoms with Gasteiger partial charge in [0.1, 0.15) is 5.82 Å². The van der Waals surface area contributed by atoms with Crippen LogP contribution in [0.3, 0.4) is 0 Å². The van der Waals surface area contributed by atoms with Gasteiger partial charge in [-0.25, -0.2) is 4.39 Å². The zero-order chi connectivity index (χ0) is 16.7. The molecule has 1 N–H and O–H groups in total. The highest BCUT2D eigenvalue weighted by Crippen LogP contribution is 2.18. The number of hydrogen-bond acceptors (Lipinski definition) is 2. The first-order chi connectivity index (χ1) is 11.1. The van der Waals surface area contributed by atoms with Crippen LogP contribution in [0.4, 0.5) is 10.1 Å². The molecule has 0 aliphatic heterocycles. The van der Waals surface area contributed by atoms with Crippen LogP contribution in [0.5, 0.6) is 0 Å². The molecule has 0 radical (unpaired) electrons. The molecule has 2 amide bonds. The van der Waals surface area contributed by atoms with Gasteiger partial charge in [-0.05, 0) is 17.7 Å². The topological polar surface area (TPSA) is 49.4 Å². The monoisotopic (exact) mass is 314 g/mol. The molecule has 120 valence electrons. The van der Waals surface area contributed by atoms with Gasteiger partial charge >= 0.3 is 0 Å². The van der Waals surface area contributed by atoms with E-state index < -0.39 is 5.82 Å². The summed E-state index contributed by atoms with van der Waals surface area (Å²) in [7, 11) is 0. The van der Waals surface area contributed by atoms with Crippen molar-refractivity contribution < 1.29 is 14.0 Å². The summed E-state index contributed by atoms with van der Waals surface area (Å²) in [6.45, 7) is 1.86. The second-order valence-electron chi connectivity index (χ2n) is 5.13. The molecule has 0 heterocycles. The third-order valence-electron chi connectivity index (χ3n) is 3.39. The molecular weight excluding hydrogens is 295 g/mol. The maximum atomic E-state index is 13.8. The first-order valence-electron chi connectivity index (χ1n) is 7.41. The fourth-order valence-corrected chi connectivity index (χ4v) is 2.27. The van der Waals surface area contributed by atoms with E-state index in [9.17, 15) is 14.0 Å². The highest BCUT2D eigenvalue weighted by atomic mass is 19.1. The Morgan fingerprint density at radius 2 is 1.70 bits per heavy atom. The number of nitrogens with zero attached hydrogens (tertiary/aromatic N) is 1. The standard InChI is InChI=1S/C18H19FN2O2/c1-14(22)21(17-10-6-5-9-16(17)19)12-11-20-18(23)13-15-7-3-2-4-8-15/h2-10H,11-13H2,1H3,(H,20,23). The number of hydrogen-bond donors (Lipinski definition) is 1. The van der Waals surface area contributed by atoms with Gasteiger partial charge in [-0.1, -0.05) is 42.5 Å². The fraction of sp³-hybridized carbons (Fsp3) is 0.222. The first-order valence-corrected chi connectivity index (χ1v) is 7.41. The zero-order valence-corrected chi connectivity index (χ0v) is 13.0. The summed E-state index contributed by atoms with van der Waals surface area (Å²) >= 11 is 0. The van der Waals surface area contributed by atoms with Gasteiger partial charge < -0.3 is 10.2 Å². The minimum atomic E-state index is -0.460. The Balaban J connectivity index is 1.89. The predicted molar refractivity (Wildman–Crippen MR) is 87.6 cm³/mol. The Hall–Kier alpha value is -2.69. The molecule has 0 saturated carbocycles. The normalized spacial score (nSPS) is 10.2. The molecule has 0 saturated heterocycles. The second-order valence-corrected chi connectivity index (χ2v) is 5.13. The Morgan fingerprint density at radius 3 is 2.35 bits per heavy atom. The molecule has 0 aliphatic carbocycles. The van der Waals surface area contributed by atoms with Gasteiger partial charge in [0.05, 0.1) is 12.1 Å². The SMILES string of the molecule is CC(=O)N(CCNC(=O)Cc1ccccc1)c1ccccc1F. The molecule has 4 nitrogen and oxygen atoms in total. The molecular formula is C18H19FN2O2. The minimum Gasteiger partial charge on any atom is -0.354 e. The summed E-state index contributed by atoms with van der Waals surface area (Å²) in [4.78, 5) is 24.9. The van der Waals surface area contributed by atoms with Gasteiger partial charge in [0.15, 0.2) is 0 Å². The van der Waals surface area contributed by atoms with E-state index in [0.717, 1.165) is 5.56 Å². The highest BCUT2D eigenvalue weighted by Gasteiger charge is 2.15. The van der Waals surface area contributed by atoms with E-state index in [2.05, 4.69) is 5.32 Å². The molecule has 0 aromatic heterocycles. The van der Waals surface area contributed by atoms with Crippen LogP contribution >= 0.6 is 0 Å². The Bertz CT molecular complexity index is 674. The van der Waals surface area contributed by atoms with Crippen LogP contribution in [0, 0.1) is 5.82 Å². The van der Waals surface area contributed by atoms with E-state index in [1.165, 1.54) is 17.9 Å². The summed E-state index contributed by atoms with van der Waals surface area (Å²) in [6, 6.07) is 15.5. The Labute approximate surface area is 134 Å². The predicted octanol–water partition coefficient (Wildman–Crippen LogP) is 2.54. The Kier molecular flexibility index (Phi) is 5.86. The van der Waals surface area contributed by atoms with Crippen LogP contribution in [-0.4, -0.2) is 24.9 Å². The van der Waals surface area contributed by atoms with Gasteiger partial charge in [-0.2, -0.15) is 0 Å². The molecule has 2 aromatic carbocycles. The Morgan fingerprint density at radius 1 is 1.04 bits per heavy atom. The smallest absolute Gasteiger partial charge is 0.224 e. The van der Waals surface area contributed by atoms with Crippen molar-refractivity contribution in [2.75, 3.05) is 18.0 Å². The molecule has 0 fully saturated rings. The summed E-state index contributed by atoms with van der Waals surface area (Å²) in [6.07, 6.45) is 0.278. The first kappa shape index (κ1) is 16.7. The minimum absolute atomic E-state index is 0.131. The number of carbonyl (C=O) groups is 2. The van der Waals surface area contributed by atoms with Crippen LogP contribution in [-0.2, 0) is 16.0 Å². The van der Waals surface area contributed by atoms with Crippen molar-refractivity contribution in [3.63, 3.8) is 0 Å². The van der Waals surface area contributed by atoms with Crippen molar-refractivity contribution in [3.05, 3.63) is 66.0 Å². The number of rotatable bonds is 6. The van der Waals surface area contributed by atoms with Crippen molar-refractivity contribution in [2.45, 2.75) is 13.3 Å². The van der Waals surface area contributed by atoms with E-state index in [0.29, 0.717) is 0 Å². The molecule has 0 unspecified atom stereocenters. The van der Waals surface area contributed by atoms with Gasteiger partial charge in [0.2, 0.25) is 11.8 Å². The average Bonchev–Trinajstić information content (AvgIpc) is 2.53. The molecule has 23 heavy (non-hydrogen) atoms. The summed E-state index contributed by atoms with van der Waals surface area (Å²) < 4.78 is 13.8. The van der Waals surface area contributed by atoms with Crippen LogP contribution < -0.4 is 10.2 Å². The van der Waals surface area contributed by atoms with Crippen molar-refractivity contribution in [1.82, 2.24) is 5.32 Å². The number of halogens is 1. The van der Waals surface area contributed by atoms with E-state index in [4.69, 9.17) is 0 Å². The van der Waals surface area contributed by atoms with Crippen LogP contribution in [0.1, 0.15) is 12.5 Å². The van der Waals surface area contributed by atoms with Gasteiger partial charge in [0, 0.05) is 20.0 Å². The van der Waals surface area contributed by atoms with Crippen LogP contribution in [0.25, 0.3) is 0 Å². The molecule has 0 bridgehead atoms. The lowest BCUT2D eigenvalue weighted by Crippen LogP contribution is -2.38. The maximum Gasteiger partial charge on any atom is 0.224 e. The molecule has 2 aromatic rings. The molecule has 0 spiro atoms. The summed E-state index contributed by atoms with van der Waals surface area (Å²) in [5, 5.41) is 2.75. The highest BCUT2D eigenvalue weighted by molar-refractivity contribution is 5.91. The van der Waals surface area contributed by atoms with Gasteiger partial charge in [-0.3, -0.25) is 9.59 Å². The lowest BCUT2D eigenvalue weighted by Gasteiger charge is -2.21. The maximum absolute atomic E-state index is 13.8. The van der Waals surface area contributed by atoms with Crippen molar-refractivity contribution >= 4 is 17.5 Å². The third-order valence-corrected chi connectivity index (χ3v) is 3.39. The van der Waals surface area contributed by atoms with E-state index >= 15 is 0 Å². The van der Waals surface area contributed by atoms with Crippen molar-refractivity contribution in [1.29, 1.82) is 0 Å².